The van der Waals surface area contributed by atoms with Crippen LogP contribution in [0.5, 0.6) is 0 Å². The summed E-state index contributed by atoms with van der Waals surface area (Å²) in [7, 11) is 0. The molecule has 4 rings (SSSR count). The second-order valence-electron chi connectivity index (χ2n) is 6.75. The van der Waals surface area contributed by atoms with E-state index in [1.807, 2.05) is 34.9 Å². The number of ketones is 1. The van der Waals surface area contributed by atoms with E-state index in [1.165, 1.54) is 0 Å². The lowest BCUT2D eigenvalue weighted by Gasteiger charge is -2.22. The number of nitrogen functional groups attached to an aromatic ring is 1. The summed E-state index contributed by atoms with van der Waals surface area (Å²) in [6.45, 7) is 3.40. The predicted molar refractivity (Wildman–Crippen MR) is 101 cm³/mol. The fourth-order valence-electron chi connectivity index (χ4n) is 3.65. The van der Waals surface area contributed by atoms with Gasteiger partial charge in [-0.3, -0.25) is 9.36 Å². The molecule has 7 nitrogen and oxygen atoms in total. The maximum absolute atomic E-state index is 11.7. The van der Waals surface area contributed by atoms with Gasteiger partial charge < -0.3 is 10.6 Å². The molecular formula is C19H22N6O. The van der Waals surface area contributed by atoms with Gasteiger partial charge in [-0.1, -0.05) is 12.1 Å². The molecule has 3 aromatic rings. The minimum atomic E-state index is 0.162. The third kappa shape index (κ3) is 3.00. The zero-order valence-corrected chi connectivity index (χ0v) is 14.8. The van der Waals surface area contributed by atoms with Gasteiger partial charge in [0.05, 0.1) is 11.0 Å². The van der Waals surface area contributed by atoms with Crippen molar-refractivity contribution >= 4 is 28.6 Å². The molecule has 0 saturated carbocycles. The number of nitrogens with two attached hydrogens (primary N) is 1. The number of nitrogens with zero attached hydrogens (tertiary/aromatic N) is 5. The summed E-state index contributed by atoms with van der Waals surface area (Å²) in [4.78, 5) is 27.2. The Balaban J connectivity index is 1.67. The molecule has 1 fully saturated rings. The van der Waals surface area contributed by atoms with E-state index in [-0.39, 0.29) is 11.7 Å². The summed E-state index contributed by atoms with van der Waals surface area (Å²) in [5.41, 5.74) is 7.89. The molecule has 0 bridgehead atoms. The molecule has 0 spiro atoms. The van der Waals surface area contributed by atoms with Gasteiger partial charge in [0.2, 0.25) is 5.95 Å². The smallest absolute Gasteiger partial charge is 0.207 e. The Kier molecular flexibility index (Phi) is 4.28. The fourth-order valence-corrected chi connectivity index (χ4v) is 3.65. The number of anilines is 2. The van der Waals surface area contributed by atoms with Crippen LogP contribution in [0.2, 0.25) is 0 Å². The lowest BCUT2D eigenvalue weighted by atomic mass is 9.97. The summed E-state index contributed by atoms with van der Waals surface area (Å²) >= 11 is 0. The highest BCUT2D eigenvalue weighted by Gasteiger charge is 2.21. The lowest BCUT2D eigenvalue weighted by molar-refractivity contribution is -0.121. The van der Waals surface area contributed by atoms with E-state index < -0.39 is 0 Å². The van der Waals surface area contributed by atoms with Crippen LogP contribution in [0.4, 0.5) is 11.8 Å². The number of imidazole rings is 1. The van der Waals surface area contributed by atoms with E-state index >= 15 is 0 Å². The number of hydrogen-bond acceptors (Lipinski definition) is 6. The van der Waals surface area contributed by atoms with Crippen molar-refractivity contribution in [3.8, 4) is 5.82 Å². The van der Waals surface area contributed by atoms with E-state index in [4.69, 9.17) is 5.73 Å². The van der Waals surface area contributed by atoms with Crippen molar-refractivity contribution in [2.75, 3.05) is 23.7 Å². The van der Waals surface area contributed by atoms with Gasteiger partial charge in [-0.25, -0.2) is 15.0 Å². The van der Waals surface area contributed by atoms with Crippen molar-refractivity contribution in [1.82, 2.24) is 19.5 Å². The molecule has 2 N–H and O–H groups in total. The Hall–Kier alpha value is -2.96. The first kappa shape index (κ1) is 16.5. The van der Waals surface area contributed by atoms with Gasteiger partial charge in [-0.05, 0) is 38.3 Å². The molecule has 26 heavy (non-hydrogen) atoms. The number of Topliss-reactive ketones (excluding diaryl/α,β-unsaturated/α-hetero) is 1. The lowest BCUT2D eigenvalue weighted by Crippen LogP contribution is -2.26. The maximum Gasteiger partial charge on any atom is 0.207 e. The van der Waals surface area contributed by atoms with Crippen molar-refractivity contribution in [2.24, 2.45) is 5.92 Å². The number of aromatic nitrogens is 4. The Morgan fingerprint density at radius 1 is 1.15 bits per heavy atom. The number of carbonyl (C=O) groups is 1. The first-order valence-electron chi connectivity index (χ1n) is 8.94. The van der Waals surface area contributed by atoms with Gasteiger partial charge in [-0.15, -0.1) is 0 Å². The first-order valence-corrected chi connectivity index (χ1v) is 8.94. The summed E-state index contributed by atoms with van der Waals surface area (Å²) in [6, 6.07) is 9.75. The molecule has 3 heterocycles. The van der Waals surface area contributed by atoms with Crippen LogP contribution in [0.15, 0.2) is 36.7 Å². The Morgan fingerprint density at radius 2 is 1.96 bits per heavy atom. The van der Waals surface area contributed by atoms with Crippen molar-refractivity contribution < 1.29 is 4.79 Å². The van der Waals surface area contributed by atoms with Crippen molar-refractivity contribution in [1.29, 1.82) is 0 Å². The zero-order valence-electron chi connectivity index (χ0n) is 14.8. The maximum atomic E-state index is 11.7. The summed E-state index contributed by atoms with van der Waals surface area (Å²) in [5.74, 6) is 2.41. The number of benzene rings is 1. The van der Waals surface area contributed by atoms with Crippen LogP contribution in [0, 0.1) is 5.92 Å². The number of rotatable bonds is 3. The van der Waals surface area contributed by atoms with Crippen molar-refractivity contribution in [3.63, 3.8) is 0 Å². The van der Waals surface area contributed by atoms with Gasteiger partial charge >= 0.3 is 0 Å². The van der Waals surface area contributed by atoms with Gasteiger partial charge in [0.15, 0.2) is 0 Å². The molecule has 0 radical (unpaired) electrons. The number of carbonyl (C=O) groups excluding carboxylic acids is 1. The van der Waals surface area contributed by atoms with Crippen LogP contribution in [-0.4, -0.2) is 38.4 Å². The van der Waals surface area contributed by atoms with Crippen LogP contribution < -0.4 is 10.6 Å². The van der Waals surface area contributed by atoms with E-state index in [1.54, 1.807) is 13.3 Å². The highest BCUT2D eigenvalue weighted by atomic mass is 16.1. The number of para-hydroxylation sites is 2. The molecule has 0 amide bonds. The van der Waals surface area contributed by atoms with Crippen LogP contribution in [0.3, 0.4) is 0 Å². The van der Waals surface area contributed by atoms with Gasteiger partial charge in [0.25, 0.3) is 0 Å². The molecule has 0 aliphatic carbocycles. The third-order valence-electron chi connectivity index (χ3n) is 5.08. The molecule has 1 aliphatic rings. The Morgan fingerprint density at radius 3 is 2.81 bits per heavy atom. The van der Waals surface area contributed by atoms with Gasteiger partial charge in [0, 0.05) is 25.1 Å². The summed E-state index contributed by atoms with van der Waals surface area (Å²) in [6.07, 6.45) is 4.36. The molecule has 1 atom stereocenters. The standard InChI is InChI=1S/C19H22N6O/c1-13(26)14-5-4-9-24(10-8-14)17-11-18(22-12-21-17)25-16-7-3-2-6-15(16)23-19(25)20/h2-3,6-7,11-12,14H,4-5,8-10H2,1H3,(H2,20,23). The molecular weight excluding hydrogens is 328 g/mol. The molecule has 1 unspecified atom stereocenters. The molecule has 1 aromatic carbocycles. The van der Waals surface area contributed by atoms with Gasteiger partial charge in [-0.2, -0.15) is 0 Å². The Labute approximate surface area is 151 Å². The monoisotopic (exact) mass is 350 g/mol. The topological polar surface area (TPSA) is 89.9 Å². The number of hydrogen-bond donors (Lipinski definition) is 1. The Bertz CT molecular complexity index is 950. The minimum Gasteiger partial charge on any atom is -0.369 e. The van der Waals surface area contributed by atoms with Crippen LogP contribution in [0.25, 0.3) is 16.9 Å². The SMILES string of the molecule is CC(=O)C1CCCN(c2cc(-n3c(N)nc4ccccc43)ncn2)CC1. The van der Waals surface area contributed by atoms with E-state index in [9.17, 15) is 4.79 Å². The largest absolute Gasteiger partial charge is 0.369 e. The molecule has 1 saturated heterocycles. The third-order valence-corrected chi connectivity index (χ3v) is 5.08. The van der Waals surface area contributed by atoms with Crippen LogP contribution in [-0.2, 0) is 4.79 Å². The quantitative estimate of drug-likeness (QED) is 0.781. The number of fused-ring (bicyclic) bond motifs is 1. The van der Waals surface area contributed by atoms with Crippen molar-refractivity contribution in [3.05, 3.63) is 36.7 Å². The first-order chi connectivity index (χ1) is 12.6. The van der Waals surface area contributed by atoms with Crippen LogP contribution in [0.1, 0.15) is 26.2 Å². The van der Waals surface area contributed by atoms with Gasteiger partial charge in [0.1, 0.15) is 23.7 Å². The summed E-state index contributed by atoms with van der Waals surface area (Å²) < 4.78 is 1.84. The molecule has 7 heteroatoms. The van der Waals surface area contributed by atoms with E-state index in [2.05, 4.69) is 19.9 Å². The normalized spacial score (nSPS) is 18.0. The highest BCUT2D eigenvalue weighted by Crippen LogP contribution is 2.25. The zero-order chi connectivity index (χ0) is 18.1. The second kappa shape index (κ2) is 6.74. The second-order valence-corrected chi connectivity index (χ2v) is 6.75. The van der Waals surface area contributed by atoms with E-state index in [0.717, 1.165) is 49.2 Å². The molecule has 1 aliphatic heterocycles. The van der Waals surface area contributed by atoms with Crippen LogP contribution >= 0.6 is 0 Å². The minimum absolute atomic E-state index is 0.162. The highest BCUT2D eigenvalue weighted by molar-refractivity contribution is 5.80. The molecule has 2 aromatic heterocycles. The fraction of sp³-hybridized carbons (Fsp3) is 0.368. The van der Waals surface area contributed by atoms with Crippen molar-refractivity contribution in [2.45, 2.75) is 26.2 Å². The van der Waals surface area contributed by atoms with E-state index in [0.29, 0.717) is 11.8 Å². The summed E-state index contributed by atoms with van der Waals surface area (Å²) in [5, 5.41) is 0. The predicted octanol–water partition coefficient (Wildman–Crippen LogP) is 2.59. The average molecular weight is 350 g/mol. The molecule has 134 valence electrons. The average Bonchev–Trinajstić information content (AvgIpc) is 2.81.